The van der Waals surface area contributed by atoms with Crippen molar-refractivity contribution in [2.24, 2.45) is 11.1 Å². The lowest BCUT2D eigenvalue weighted by molar-refractivity contribution is -0.142. The predicted octanol–water partition coefficient (Wildman–Crippen LogP) is -0.367. The second-order valence-electron chi connectivity index (χ2n) is 5.64. The number of methoxy groups -OCH3 is 1. The van der Waals surface area contributed by atoms with Crippen molar-refractivity contribution >= 4 is 15.7 Å². The molecule has 0 spiro atoms. The Morgan fingerprint density at radius 2 is 2.11 bits per heavy atom. The van der Waals surface area contributed by atoms with Gasteiger partial charge in [-0.25, -0.2) is 8.42 Å². The highest BCUT2D eigenvalue weighted by molar-refractivity contribution is 7.91. The van der Waals surface area contributed by atoms with Crippen LogP contribution in [0.2, 0.25) is 0 Å². The van der Waals surface area contributed by atoms with Gasteiger partial charge in [-0.05, 0) is 20.3 Å². The van der Waals surface area contributed by atoms with Gasteiger partial charge in [-0.3, -0.25) is 4.79 Å². The Hall–Kier alpha value is -0.660. The molecular weight excluding hydrogens is 268 g/mol. The number of ether oxygens (including phenoxy) is 1. The number of amides is 1. The summed E-state index contributed by atoms with van der Waals surface area (Å²) in [5, 5.41) is 0. The van der Waals surface area contributed by atoms with E-state index in [1.165, 1.54) is 0 Å². The molecule has 0 aromatic rings. The molecule has 0 saturated carbocycles. The Morgan fingerprint density at radius 3 is 2.53 bits per heavy atom. The van der Waals surface area contributed by atoms with Crippen molar-refractivity contribution in [1.29, 1.82) is 0 Å². The van der Waals surface area contributed by atoms with E-state index in [1.54, 1.807) is 25.9 Å². The standard InChI is InChI=1S/C12H24N2O4S/c1-12(2,9-13)11(15)14(5-6-18-3)10-4-7-19(16,17)8-10/h10H,4-9,13H2,1-3H3. The number of carbonyl (C=O) groups excluding carboxylic acids is 1. The van der Waals surface area contributed by atoms with Crippen LogP contribution in [0.25, 0.3) is 0 Å². The van der Waals surface area contributed by atoms with Crippen LogP contribution in [0, 0.1) is 5.41 Å². The van der Waals surface area contributed by atoms with E-state index in [4.69, 9.17) is 10.5 Å². The van der Waals surface area contributed by atoms with Crippen LogP contribution in [0.3, 0.4) is 0 Å². The van der Waals surface area contributed by atoms with Crippen LogP contribution >= 0.6 is 0 Å². The minimum Gasteiger partial charge on any atom is -0.383 e. The van der Waals surface area contributed by atoms with Crippen molar-refractivity contribution in [2.75, 3.05) is 38.3 Å². The molecule has 1 aliphatic heterocycles. The zero-order valence-corrected chi connectivity index (χ0v) is 12.7. The molecule has 0 aromatic heterocycles. The van der Waals surface area contributed by atoms with E-state index < -0.39 is 15.3 Å². The summed E-state index contributed by atoms with van der Waals surface area (Å²) in [7, 11) is -1.46. The van der Waals surface area contributed by atoms with Crippen molar-refractivity contribution in [2.45, 2.75) is 26.3 Å². The van der Waals surface area contributed by atoms with Crippen LogP contribution in [0.4, 0.5) is 0 Å². The quantitative estimate of drug-likeness (QED) is 0.721. The molecule has 2 N–H and O–H groups in total. The van der Waals surface area contributed by atoms with Crippen LogP contribution in [0.5, 0.6) is 0 Å². The number of sulfone groups is 1. The lowest BCUT2D eigenvalue weighted by atomic mass is 9.91. The molecule has 7 heteroatoms. The van der Waals surface area contributed by atoms with Gasteiger partial charge in [0.2, 0.25) is 5.91 Å². The molecule has 0 radical (unpaired) electrons. The fourth-order valence-electron chi connectivity index (χ4n) is 2.14. The second-order valence-corrected chi connectivity index (χ2v) is 7.86. The molecule has 1 heterocycles. The molecule has 1 rings (SSSR count). The molecule has 1 amide bonds. The summed E-state index contributed by atoms with van der Waals surface area (Å²) in [6.07, 6.45) is 0.498. The van der Waals surface area contributed by atoms with E-state index in [0.717, 1.165) is 0 Å². The lowest BCUT2D eigenvalue weighted by Crippen LogP contribution is -2.50. The third-order valence-electron chi connectivity index (χ3n) is 3.54. The molecule has 0 aromatic carbocycles. The van der Waals surface area contributed by atoms with Crippen molar-refractivity contribution in [3.63, 3.8) is 0 Å². The first-order chi connectivity index (χ1) is 8.73. The molecule has 1 atom stereocenters. The van der Waals surface area contributed by atoms with E-state index in [1.807, 2.05) is 0 Å². The van der Waals surface area contributed by atoms with Gasteiger partial charge in [-0.15, -0.1) is 0 Å². The highest BCUT2D eigenvalue weighted by atomic mass is 32.2. The van der Waals surface area contributed by atoms with Crippen LogP contribution in [0.15, 0.2) is 0 Å². The Kier molecular flexibility index (Phi) is 5.34. The number of hydrogen-bond donors (Lipinski definition) is 1. The van der Waals surface area contributed by atoms with Gasteiger partial charge in [0, 0.05) is 26.2 Å². The van der Waals surface area contributed by atoms with E-state index in [9.17, 15) is 13.2 Å². The van der Waals surface area contributed by atoms with E-state index in [-0.39, 0.29) is 30.0 Å². The van der Waals surface area contributed by atoms with Gasteiger partial charge < -0.3 is 15.4 Å². The maximum Gasteiger partial charge on any atom is 0.229 e. The molecular formula is C12H24N2O4S. The van der Waals surface area contributed by atoms with Gasteiger partial charge in [-0.2, -0.15) is 0 Å². The average Bonchev–Trinajstić information content (AvgIpc) is 2.70. The van der Waals surface area contributed by atoms with Gasteiger partial charge in [0.1, 0.15) is 0 Å². The number of carbonyl (C=O) groups is 1. The van der Waals surface area contributed by atoms with Crippen LogP contribution in [-0.2, 0) is 19.4 Å². The maximum atomic E-state index is 12.5. The first-order valence-corrected chi connectivity index (χ1v) is 8.26. The van der Waals surface area contributed by atoms with Crippen LogP contribution in [-0.4, -0.2) is 63.6 Å². The Morgan fingerprint density at radius 1 is 1.47 bits per heavy atom. The summed E-state index contributed by atoms with van der Waals surface area (Å²) in [5.74, 6) is 0.0924. The van der Waals surface area contributed by atoms with Gasteiger partial charge in [-0.1, -0.05) is 0 Å². The Bertz CT molecular complexity index is 419. The third-order valence-corrected chi connectivity index (χ3v) is 5.29. The van der Waals surface area contributed by atoms with E-state index >= 15 is 0 Å². The highest BCUT2D eigenvalue weighted by Crippen LogP contribution is 2.24. The molecule has 19 heavy (non-hydrogen) atoms. The van der Waals surface area contributed by atoms with Crippen LogP contribution < -0.4 is 5.73 Å². The minimum atomic E-state index is -3.02. The van der Waals surface area contributed by atoms with Gasteiger partial charge in [0.05, 0.1) is 23.5 Å². The zero-order chi connectivity index (χ0) is 14.7. The molecule has 1 fully saturated rings. The fourth-order valence-corrected chi connectivity index (χ4v) is 3.87. The zero-order valence-electron chi connectivity index (χ0n) is 11.9. The molecule has 1 saturated heterocycles. The summed E-state index contributed by atoms with van der Waals surface area (Å²) in [6, 6.07) is -0.251. The van der Waals surface area contributed by atoms with E-state index in [0.29, 0.717) is 19.6 Å². The molecule has 6 nitrogen and oxygen atoms in total. The van der Waals surface area contributed by atoms with Crippen molar-refractivity contribution in [3.8, 4) is 0 Å². The smallest absolute Gasteiger partial charge is 0.229 e. The molecule has 0 aliphatic carbocycles. The number of nitrogens with zero attached hydrogens (tertiary/aromatic N) is 1. The normalized spacial score (nSPS) is 22.4. The Balaban J connectivity index is 2.86. The summed E-state index contributed by atoms with van der Waals surface area (Å²) >= 11 is 0. The maximum absolute atomic E-state index is 12.5. The SMILES string of the molecule is COCCN(C(=O)C(C)(C)CN)C1CCS(=O)(=O)C1. The van der Waals surface area contributed by atoms with Crippen molar-refractivity contribution in [1.82, 2.24) is 4.90 Å². The largest absolute Gasteiger partial charge is 0.383 e. The summed E-state index contributed by atoms with van der Waals surface area (Å²) in [6.45, 7) is 4.58. The minimum absolute atomic E-state index is 0.0447. The monoisotopic (exact) mass is 292 g/mol. The first-order valence-electron chi connectivity index (χ1n) is 6.44. The highest BCUT2D eigenvalue weighted by Gasteiger charge is 2.39. The molecule has 112 valence electrons. The summed E-state index contributed by atoms with van der Waals surface area (Å²) < 4.78 is 28.1. The Labute approximate surface area is 115 Å². The average molecular weight is 292 g/mol. The third kappa shape index (κ3) is 4.15. The van der Waals surface area contributed by atoms with Gasteiger partial charge in [0.15, 0.2) is 9.84 Å². The number of rotatable bonds is 6. The van der Waals surface area contributed by atoms with Gasteiger partial charge in [0.25, 0.3) is 0 Å². The van der Waals surface area contributed by atoms with E-state index in [2.05, 4.69) is 0 Å². The second kappa shape index (κ2) is 6.19. The fraction of sp³-hybridized carbons (Fsp3) is 0.917. The first kappa shape index (κ1) is 16.4. The van der Waals surface area contributed by atoms with Gasteiger partial charge >= 0.3 is 0 Å². The van der Waals surface area contributed by atoms with Crippen molar-refractivity contribution < 1.29 is 17.9 Å². The molecule has 0 bridgehead atoms. The number of hydrogen-bond acceptors (Lipinski definition) is 5. The summed E-state index contributed by atoms with van der Waals surface area (Å²) in [4.78, 5) is 14.1. The van der Waals surface area contributed by atoms with Crippen molar-refractivity contribution in [3.05, 3.63) is 0 Å². The topological polar surface area (TPSA) is 89.7 Å². The summed E-state index contributed by atoms with van der Waals surface area (Å²) in [5.41, 5.74) is 4.95. The number of nitrogens with two attached hydrogens (primary N) is 1. The van der Waals surface area contributed by atoms with Crippen LogP contribution in [0.1, 0.15) is 20.3 Å². The molecule has 1 aliphatic rings. The predicted molar refractivity (Wildman–Crippen MR) is 73.5 cm³/mol. The molecule has 1 unspecified atom stereocenters. The lowest BCUT2D eigenvalue weighted by Gasteiger charge is -2.34.